The molecule has 0 unspecified atom stereocenters. The molecule has 0 fully saturated rings. The van der Waals surface area contributed by atoms with Crippen LogP contribution in [0.1, 0.15) is 32.5 Å². The lowest BCUT2D eigenvalue weighted by molar-refractivity contribution is 0.341. The molecular weight excluding hydrogens is 240 g/mol. The van der Waals surface area contributed by atoms with Crippen LogP contribution in [0.15, 0.2) is 24.3 Å². The molecule has 5 heteroatoms. The van der Waals surface area contributed by atoms with E-state index in [2.05, 4.69) is 15.0 Å². The van der Waals surface area contributed by atoms with Crippen molar-refractivity contribution in [3.05, 3.63) is 30.1 Å². The molecule has 0 aliphatic rings. The van der Waals surface area contributed by atoms with Gasteiger partial charge in [-0.15, -0.1) is 0 Å². The minimum Gasteiger partial charge on any atom is -0.493 e. The topological polar surface area (TPSA) is 73.9 Å². The Hall–Kier alpha value is -2.17. The van der Waals surface area contributed by atoms with Gasteiger partial charge in [0.2, 0.25) is 5.95 Å². The first kappa shape index (κ1) is 13.3. The van der Waals surface area contributed by atoms with Crippen LogP contribution in [0.3, 0.4) is 0 Å². The van der Waals surface area contributed by atoms with Gasteiger partial charge >= 0.3 is 0 Å². The smallest absolute Gasteiger partial charge is 0.223 e. The molecule has 1 aromatic carbocycles. The van der Waals surface area contributed by atoms with Crippen molar-refractivity contribution in [2.45, 2.75) is 26.7 Å². The van der Waals surface area contributed by atoms with Crippen LogP contribution in [0.2, 0.25) is 0 Å². The van der Waals surface area contributed by atoms with Crippen molar-refractivity contribution in [1.29, 1.82) is 0 Å². The number of anilines is 1. The quantitative estimate of drug-likeness (QED) is 0.912. The van der Waals surface area contributed by atoms with Crippen LogP contribution in [0, 0.1) is 0 Å². The van der Waals surface area contributed by atoms with Gasteiger partial charge < -0.3 is 10.5 Å². The molecule has 2 N–H and O–H groups in total. The lowest BCUT2D eigenvalue weighted by atomic mass is 10.1. The number of benzene rings is 1. The second kappa shape index (κ2) is 5.65. The highest BCUT2D eigenvalue weighted by molar-refractivity contribution is 5.64. The summed E-state index contributed by atoms with van der Waals surface area (Å²) in [5, 5.41) is 0. The maximum absolute atomic E-state index is 5.76. The normalized spacial score (nSPS) is 10.7. The van der Waals surface area contributed by atoms with Crippen LogP contribution in [0.25, 0.3) is 11.4 Å². The molecule has 0 radical (unpaired) electrons. The number of para-hydroxylation sites is 1. The summed E-state index contributed by atoms with van der Waals surface area (Å²) in [6.07, 6.45) is 0. The summed E-state index contributed by atoms with van der Waals surface area (Å²) >= 11 is 0. The largest absolute Gasteiger partial charge is 0.493 e. The first-order valence-electron chi connectivity index (χ1n) is 6.35. The lowest BCUT2D eigenvalue weighted by Crippen LogP contribution is -2.07. The molecule has 0 saturated heterocycles. The van der Waals surface area contributed by atoms with E-state index in [1.165, 1.54) is 0 Å². The van der Waals surface area contributed by atoms with Gasteiger partial charge in [-0.25, -0.2) is 4.98 Å². The van der Waals surface area contributed by atoms with E-state index in [0.717, 1.165) is 11.3 Å². The molecule has 100 valence electrons. The van der Waals surface area contributed by atoms with Gasteiger partial charge in [-0.05, 0) is 19.1 Å². The molecular formula is C14H18N4O. The van der Waals surface area contributed by atoms with E-state index in [9.17, 15) is 0 Å². The monoisotopic (exact) mass is 258 g/mol. The molecule has 0 spiro atoms. The number of aromatic nitrogens is 3. The van der Waals surface area contributed by atoms with Crippen molar-refractivity contribution >= 4 is 5.95 Å². The van der Waals surface area contributed by atoms with Crippen LogP contribution < -0.4 is 10.5 Å². The van der Waals surface area contributed by atoms with E-state index in [4.69, 9.17) is 10.5 Å². The van der Waals surface area contributed by atoms with Gasteiger partial charge in [0, 0.05) is 5.92 Å². The Bertz CT molecular complexity index is 569. The highest BCUT2D eigenvalue weighted by Crippen LogP contribution is 2.28. The van der Waals surface area contributed by atoms with Gasteiger partial charge in [0.05, 0.1) is 12.2 Å². The van der Waals surface area contributed by atoms with Gasteiger partial charge in [0.25, 0.3) is 0 Å². The average molecular weight is 258 g/mol. The summed E-state index contributed by atoms with van der Waals surface area (Å²) in [5.41, 5.74) is 6.59. The van der Waals surface area contributed by atoms with Crippen LogP contribution in [0.5, 0.6) is 5.75 Å². The molecule has 2 rings (SSSR count). The number of nitrogen functional groups attached to an aromatic ring is 1. The molecule has 0 bridgehead atoms. The molecule has 0 aliphatic carbocycles. The van der Waals surface area contributed by atoms with E-state index in [1.807, 2.05) is 45.0 Å². The zero-order valence-electron chi connectivity index (χ0n) is 11.4. The number of nitrogens with zero attached hydrogens (tertiary/aromatic N) is 3. The Kier molecular flexibility index (Phi) is 3.94. The predicted molar refractivity (Wildman–Crippen MR) is 74.9 cm³/mol. The maximum atomic E-state index is 5.76. The number of ether oxygens (including phenoxy) is 1. The summed E-state index contributed by atoms with van der Waals surface area (Å²) in [4.78, 5) is 12.8. The lowest BCUT2D eigenvalue weighted by Gasteiger charge is -2.11. The number of rotatable bonds is 4. The van der Waals surface area contributed by atoms with Gasteiger partial charge in [0.1, 0.15) is 11.6 Å². The van der Waals surface area contributed by atoms with Crippen LogP contribution in [0.4, 0.5) is 5.95 Å². The summed E-state index contributed by atoms with van der Waals surface area (Å²) in [6, 6.07) is 7.66. The highest BCUT2D eigenvalue weighted by atomic mass is 16.5. The van der Waals surface area contributed by atoms with E-state index in [1.54, 1.807) is 0 Å². The molecule has 0 aliphatic heterocycles. The van der Waals surface area contributed by atoms with Gasteiger partial charge in [-0.2, -0.15) is 9.97 Å². The zero-order valence-corrected chi connectivity index (χ0v) is 11.4. The second-order valence-corrected chi connectivity index (χ2v) is 4.46. The Balaban J connectivity index is 2.52. The molecule has 1 heterocycles. The summed E-state index contributed by atoms with van der Waals surface area (Å²) < 4.78 is 5.59. The summed E-state index contributed by atoms with van der Waals surface area (Å²) in [5.74, 6) is 2.43. The molecule has 0 amide bonds. The molecule has 0 atom stereocenters. The van der Waals surface area contributed by atoms with Crippen molar-refractivity contribution < 1.29 is 4.74 Å². The second-order valence-electron chi connectivity index (χ2n) is 4.46. The summed E-state index contributed by atoms with van der Waals surface area (Å²) in [6.45, 7) is 6.58. The first-order chi connectivity index (χ1) is 9.11. The molecule has 0 saturated carbocycles. The number of hydrogen-bond donors (Lipinski definition) is 1. The van der Waals surface area contributed by atoms with Crippen molar-refractivity contribution in [3.8, 4) is 17.1 Å². The molecule has 5 nitrogen and oxygen atoms in total. The van der Waals surface area contributed by atoms with E-state index in [0.29, 0.717) is 18.3 Å². The highest BCUT2D eigenvalue weighted by Gasteiger charge is 2.13. The SMILES string of the molecule is CCOc1ccccc1-c1nc(N)nc(C(C)C)n1. The fourth-order valence-corrected chi connectivity index (χ4v) is 1.72. The maximum Gasteiger partial charge on any atom is 0.223 e. The fourth-order valence-electron chi connectivity index (χ4n) is 1.72. The standard InChI is InChI=1S/C14H18N4O/c1-4-19-11-8-6-5-7-10(11)13-16-12(9(2)3)17-14(15)18-13/h5-9H,4H2,1-3H3,(H2,15,16,17,18). The Labute approximate surface area is 112 Å². The Morgan fingerprint density at radius 3 is 2.58 bits per heavy atom. The zero-order chi connectivity index (χ0) is 13.8. The first-order valence-corrected chi connectivity index (χ1v) is 6.35. The molecule has 1 aromatic heterocycles. The van der Waals surface area contributed by atoms with Crippen molar-refractivity contribution in [2.24, 2.45) is 0 Å². The minimum absolute atomic E-state index is 0.198. The average Bonchev–Trinajstić information content (AvgIpc) is 2.39. The van der Waals surface area contributed by atoms with E-state index < -0.39 is 0 Å². The predicted octanol–water partition coefficient (Wildman–Crippen LogP) is 2.64. The van der Waals surface area contributed by atoms with Crippen LogP contribution >= 0.6 is 0 Å². The fraction of sp³-hybridized carbons (Fsp3) is 0.357. The van der Waals surface area contributed by atoms with Crippen LogP contribution in [-0.4, -0.2) is 21.6 Å². The third-order valence-corrected chi connectivity index (χ3v) is 2.61. The van der Waals surface area contributed by atoms with Gasteiger partial charge in [-0.1, -0.05) is 26.0 Å². The van der Waals surface area contributed by atoms with Gasteiger partial charge in [-0.3, -0.25) is 0 Å². The van der Waals surface area contributed by atoms with Crippen LogP contribution in [-0.2, 0) is 0 Å². The van der Waals surface area contributed by atoms with E-state index in [-0.39, 0.29) is 11.9 Å². The third kappa shape index (κ3) is 2.99. The molecule has 19 heavy (non-hydrogen) atoms. The third-order valence-electron chi connectivity index (χ3n) is 2.61. The summed E-state index contributed by atoms with van der Waals surface area (Å²) in [7, 11) is 0. The van der Waals surface area contributed by atoms with Gasteiger partial charge in [0.15, 0.2) is 5.82 Å². The molecule has 2 aromatic rings. The minimum atomic E-state index is 0.198. The van der Waals surface area contributed by atoms with E-state index >= 15 is 0 Å². The Morgan fingerprint density at radius 2 is 1.89 bits per heavy atom. The van der Waals surface area contributed by atoms with Crippen molar-refractivity contribution in [3.63, 3.8) is 0 Å². The van der Waals surface area contributed by atoms with Crippen molar-refractivity contribution in [2.75, 3.05) is 12.3 Å². The Morgan fingerprint density at radius 1 is 1.16 bits per heavy atom. The number of hydrogen-bond acceptors (Lipinski definition) is 5. The van der Waals surface area contributed by atoms with Crippen molar-refractivity contribution in [1.82, 2.24) is 15.0 Å². The number of nitrogens with two attached hydrogens (primary N) is 1.